The molecule has 1 rings (SSSR count). The zero-order valence-electron chi connectivity index (χ0n) is 6.63. The lowest BCUT2D eigenvalue weighted by atomic mass is 10.5. The summed E-state index contributed by atoms with van der Waals surface area (Å²) in [6.45, 7) is 4.16. The summed E-state index contributed by atoms with van der Waals surface area (Å²) in [6, 6.07) is 2.10. The molecule has 0 saturated carbocycles. The first-order valence-electron chi connectivity index (χ1n) is 3.16. The van der Waals surface area contributed by atoms with Crippen LogP contribution in [0, 0.1) is 6.92 Å². The van der Waals surface area contributed by atoms with Crippen molar-refractivity contribution in [2.75, 3.05) is 6.66 Å². The van der Waals surface area contributed by atoms with Gasteiger partial charge < -0.3 is 0 Å². The minimum atomic E-state index is -0.273. The molecule has 0 aliphatic rings. The lowest BCUT2D eigenvalue weighted by Crippen LogP contribution is -2.00. The lowest BCUT2D eigenvalue weighted by molar-refractivity contribution is 0.747. The van der Waals surface area contributed by atoms with E-state index in [2.05, 4.69) is 31.1 Å². The molecule has 0 bridgehead atoms. The van der Waals surface area contributed by atoms with E-state index in [-0.39, 0.29) is 7.55 Å². The predicted molar refractivity (Wildman–Crippen MR) is 47.5 cm³/mol. The summed E-state index contributed by atoms with van der Waals surface area (Å²) in [5.41, 5.74) is 2.34. The van der Waals surface area contributed by atoms with Crippen LogP contribution in [-0.2, 0) is 7.05 Å². The molecule has 0 aliphatic carbocycles. The number of aromatic nitrogens is 2. The van der Waals surface area contributed by atoms with Gasteiger partial charge in [0.1, 0.15) is 14.2 Å². The molecule has 1 aromatic heterocycles. The van der Waals surface area contributed by atoms with Crippen molar-refractivity contribution in [1.29, 1.82) is 0 Å². The first kappa shape index (κ1) is 7.49. The quantitative estimate of drug-likeness (QED) is 0.551. The molecule has 0 aliphatic heterocycles. The highest BCUT2D eigenvalue weighted by atomic mass is 31.1. The second kappa shape index (κ2) is 2.55. The molecule has 1 unspecified atom stereocenters. The summed E-state index contributed by atoms with van der Waals surface area (Å²) < 4.78 is 1.89. The minimum Gasteiger partial charge on any atom is -0.269 e. The monoisotopic (exact) mass is 155 g/mol. The molecule has 2 nitrogen and oxygen atoms in total. The van der Waals surface area contributed by atoms with Gasteiger partial charge in [-0.3, -0.25) is 4.68 Å². The molecule has 0 N–H and O–H groups in total. The van der Waals surface area contributed by atoms with Crippen molar-refractivity contribution < 1.29 is 0 Å². The Morgan fingerprint density at radius 1 is 1.70 bits per heavy atom. The molecular formula is C7H12N2P+. The summed E-state index contributed by atoms with van der Waals surface area (Å²) in [5.74, 6) is 0. The van der Waals surface area contributed by atoms with Gasteiger partial charge in [0.25, 0.3) is 5.44 Å². The van der Waals surface area contributed by atoms with Gasteiger partial charge in [0.15, 0.2) is 0 Å². The Balaban J connectivity index is 3.10. The van der Waals surface area contributed by atoms with Gasteiger partial charge in [-0.25, -0.2) is 0 Å². The van der Waals surface area contributed by atoms with E-state index in [9.17, 15) is 0 Å². The molecule has 0 amide bonds. The van der Waals surface area contributed by atoms with Crippen LogP contribution in [0.2, 0.25) is 0 Å². The number of hydrogen-bond acceptors (Lipinski definition) is 1. The molecule has 10 heavy (non-hydrogen) atoms. The zero-order chi connectivity index (χ0) is 7.72. The van der Waals surface area contributed by atoms with Crippen LogP contribution in [0.3, 0.4) is 0 Å². The van der Waals surface area contributed by atoms with E-state index in [0.29, 0.717) is 0 Å². The van der Waals surface area contributed by atoms with Gasteiger partial charge >= 0.3 is 0 Å². The van der Waals surface area contributed by atoms with Crippen molar-refractivity contribution in [2.45, 2.75) is 6.92 Å². The van der Waals surface area contributed by atoms with Gasteiger partial charge in [-0.2, -0.15) is 0 Å². The van der Waals surface area contributed by atoms with Crippen molar-refractivity contribution >= 4 is 19.3 Å². The highest BCUT2D eigenvalue weighted by Crippen LogP contribution is 2.11. The summed E-state index contributed by atoms with van der Waals surface area (Å²) in [5, 5.41) is 4.29. The number of nitrogens with zero attached hydrogens (tertiary/aromatic N) is 2. The molecule has 0 radical (unpaired) electrons. The highest BCUT2D eigenvalue weighted by Gasteiger charge is 2.08. The summed E-state index contributed by atoms with van der Waals surface area (Å²) in [4.78, 5) is 0. The Morgan fingerprint density at radius 3 is 2.50 bits per heavy atom. The summed E-state index contributed by atoms with van der Waals surface area (Å²) in [6.07, 6.45) is 3.95. The predicted octanol–water partition coefficient (Wildman–Crippen LogP) is 0.898. The van der Waals surface area contributed by atoms with Crippen LogP contribution in [0.5, 0.6) is 0 Å². The van der Waals surface area contributed by atoms with Crippen molar-refractivity contribution in [3.8, 4) is 0 Å². The Hall–Kier alpha value is -0.620. The Morgan fingerprint density at radius 2 is 2.30 bits per heavy atom. The third kappa shape index (κ3) is 1.27. The van der Waals surface area contributed by atoms with E-state index < -0.39 is 0 Å². The Labute approximate surface area is 62.3 Å². The van der Waals surface area contributed by atoms with E-state index >= 15 is 0 Å². The number of rotatable bonds is 1. The molecule has 0 aromatic carbocycles. The standard InChI is InChI=1S/C7H12N2P/c1-6-5-7(10(3)4)8-9(6)2/h5H,3H2,1-2,4H3/q+1. The molecule has 1 aromatic rings. The average Bonchev–Trinajstić information content (AvgIpc) is 2.13. The van der Waals surface area contributed by atoms with E-state index in [1.165, 1.54) is 5.69 Å². The van der Waals surface area contributed by atoms with E-state index in [0.717, 1.165) is 5.44 Å². The topological polar surface area (TPSA) is 17.8 Å². The Kier molecular flexibility index (Phi) is 1.91. The fraction of sp³-hybridized carbons (Fsp3) is 0.429. The third-order valence-corrected chi connectivity index (χ3v) is 2.49. The maximum Gasteiger partial charge on any atom is 0.256 e. The lowest BCUT2D eigenvalue weighted by Gasteiger charge is -1.86. The molecule has 1 heterocycles. The zero-order valence-corrected chi connectivity index (χ0v) is 7.52. The fourth-order valence-electron chi connectivity index (χ4n) is 0.728. The minimum absolute atomic E-state index is 0.273. The number of aryl methyl sites for hydroxylation is 2. The SMILES string of the molecule is C=[P+](C)c1cc(C)n(C)n1. The third-order valence-electron chi connectivity index (χ3n) is 1.49. The second-order valence-corrected chi connectivity index (χ2v) is 4.32. The van der Waals surface area contributed by atoms with Crippen LogP contribution in [0.4, 0.5) is 0 Å². The normalized spacial score (nSPS) is 11.7. The van der Waals surface area contributed by atoms with Gasteiger partial charge in [-0.15, -0.1) is 5.10 Å². The highest BCUT2D eigenvalue weighted by molar-refractivity contribution is 7.62. The molecule has 0 spiro atoms. The molecule has 0 saturated heterocycles. The van der Waals surface area contributed by atoms with Gasteiger partial charge in [-0.1, -0.05) is 0 Å². The Bertz CT molecular complexity index is 243. The van der Waals surface area contributed by atoms with Crippen molar-refractivity contribution in [3.05, 3.63) is 11.8 Å². The van der Waals surface area contributed by atoms with Crippen LogP contribution in [0.1, 0.15) is 5.69 Å². The van der Waals surface area contributed by atoms with E-state index in [1.54, 1.807) is 0 Å². The average molecular weight is 155 g/mol. The summed E-state index contributed by atoms with van der Waals surface area (Å²) in [7, 11) is 1.68. The first-order valence-corrected chi connectivity index (χ1v) is 5.13. The van der Waals surface area contributed by atoms with Gasteiger partial charge in [0.2, 0.25) is 0 Å². The summed E-state index contributed by atoms with van der Waals surface area (Å²) >= 11 is 0. The largest absolute Gasteiger partial charge is 0.269 e. The van der Waals surface area contributed by atoms with Crippen LogP contribution >= 0.6 is 7.55 Å². The molecule has 1 atom stereocenters. The van der Waals surface area contributed by atoms with Crippen LogP contribution in [0.25, 0.3) is 0 Å². The molecule has 0 fully saturated rings. The van der Waals surface area contributed by atoms with Gasteiger partial charge in [0.05, 0.1) is 6.30 Å². The van der Waals surface area contributed by atoms with Crippen molar-refractivity contribution in [2.24, 2.45) is 7.05 Å². The second-order valence-electron chi connectivity index (χ2n) is 2.47. The van der Waals surface area contributed by atoms with Gasteiger partial charge in [0, 0.05) is 18.8 Å². The maximum absolute atomic E-state index is 4.29. The fourth-order valence-corrected chi connectivity index (χ4v) is 1.42. The maximum atomic E-state index is 4.29. The van der Waals surface area contributed by atoms with Gasteiger partial charge in [-0.05, 0) is 6.92 Å². The smallest absolute Gasteiger partial charge is 0.256 e. The molecule has 3 heteroatoms. The van der Waals surface area contributed by atoms with Crippen LogP contribution < -0.4 is 5.44 Å². The molecular weight excluding hydrogens is 143 g/mol. The van der Waals surface area contributed by atoms with Crippen LogP contribution in [0.15, 0.2) is 6.07 Å². The van der Waals surface area contributed by atoms with E-state index in [1.807, 2.05) is 11.7 Å². The molecule has 54 valence electrons. The van der Waals surface area contributed by atoms with E-state index in [4.69, 9.17) is 0 Å². The van der Waals surface area contributed by atoms with Crippen molar-refractivity contribution in [3.63, 3.8) is 0 Å². The number of hydrogen-bond donors (Lipinski definition) is 0. The van der Waals surface area contributed by atoms with Crippen LogP contribution in [-0.4, -0.2) is 22.7 Å². The van der Waals surface area contributed by atoms with Crippen molar-refractivity contribution in [1.82, 2.24) is 9.78 Å². The first-order chi connectivity index (χ1) is 4.61.